The van der Waals surface area contributed by atoms with E-state index in [0.717, 1.165) is 26.2 Å². The van der Waals surface area contributed by atoms with Crippen molar-refractivity contribution in [2.75, 3.05) is 26.2 Å². The number of carbonyl (C=O) groups excluding carboxylic acids is 1. The van der Waals surface area contributed by atoms with Crippen LogP contribution in [0.3, 0.4) is 0 Å². The number of carbonyl (C=O) groups is 1. The van der Waals surface area contributed by atoms with Crippen LogP contribution in [0.2, 0.25) is 0 Å². The first kappa shape index (κ1) is 16.4. The van der Waals surface area contributed by atoms with Crippen LogP contribution in [-0.2, 0) is 9.53 Å². The lowest BCUT2D eigenvalue weighted by molar-refractivity contribution is -0.161. The highest BCUT2D eigenvalue weighted by molar-refractivity contribution is 5.75. The van der Waals surface area contributed by atoms with Crippen molar-refractivity contribution in [3.8, 4) is 0 Å². The molecule has 2 atom stereocenters. The predicted molar refractivity (Wildman–Crippen MR) is 78.2 cm³/mol. The maximum atomic E-state index is 12.1. The number of ether oxygens (including phenoxy) is 1. The zero-order valence-electron chi connectivity index (χ0n) is 13.4. The van der Waals surface area contributed by atoms with Gasteiger partial charge in [-0.25, -0.2) is 0 Å². The summed E-state index contributed by atoms with van der Waals surface area (Å²) in [6.07, 6.45) is 1.18. The van der Waals surface area contributed by atoms with Gasteiger partial charge in [0.25, 0.3) is 0 Å². The maximum absolute atomic E-state index is 12.1. The van der Waals surface area contributed by atoms with Crippen LogP contribution in [0.25, 0.3) is 0 Å². The van der Waals surface area contributed by atoms with E-state index in [1.165, 1.54) is 6.42 Å². The van der Waals surface area contributed by atoms with E-state index in [2.05, 4.69) is 23.6 Å². The molecule has 1 aliphatic rings. The van der Waals surface area contributed by atoms with Gasteiger partial charge in [-0.05, 0) is 41.0 Å². The van der Waals surface area contributed by atoms with Crippen molar-refractivity contribution in [2.45, 2.75) is 65.6 Å². The molecule has 0 aromatic heterocycles. The minimum Gasteiger partial charge on any atom is -0.459 e. The molecular formula is C15H30N2O2. The molecule has 1 heterocycles. The molecule has 112 valence electrons. The van der Waals surface area contributed by atoms with E-state index in [1.807, 2.05) is 27.7 Å². The number of esters is 1. The summed E-state index contributed by atoms with van der Waals surface area (Å²) in [5.41, 5.74) is -0.399. The van der Waals surface area contributed by atoms with Gasteiger partial charge in [0.15, 0.2) is 0 Å². The van der Waals surface area contributed by atoms with Gasteiger partial charge in [0.1, 0.15) is 11.6 Å². The molecule has 4 nitrogen and oxygen atoms in total. The van der Waals surface area contributed by atoms with Crippen LogP contribution < -0.4 is 0 Å². The standard InChI is InChI=1S/C15H30N2O2/c1-7-12(2)16-8-10-17(11-9-16)13(3)14(18)19-15(4,5)6/h12-13H,7-11H2,1-6H3. The molecular weight excluding hydrogens is 240 g/mol. The maximum Gasteiger partial charge on any atom is 0.323 e. The number of hydrogen-bond acceptors (Lipinski definition) is 4. The Hall–Kier alpha value is -0.610. The molecule has 0 N–H and O–H groups in total. The first-order valence-electron chi connectivity index (χ1n) is 7.45. The monoisotopic (exact) mass is 270 g/mol. The fourth-order valence-corrected chi connectivity index (χ4v) is 2.36. The lowest BCUT2D eigenvalue weighted by Crippen LogP contribution is -2.54. The predicted octanol–water partition coefficient (Wildman–Crippen LogP) is 2.13. The SMILES string of the molecule is CCC(C)N1CCN(C(C)C(=O)OC(C)(C)C)CC1. The second-order valence-electron chi connectivity index (χ2n) is 6.54. The normalized spacial score (nSPS) is 22.0. The van der Waals surface area contributed by atoms with E-state index in [4.69, 9.17) is 4.74 Å². The van der Waals surface area contributed by atoms with Crippen LogP contribution in [0.15, 0.2) is 0 Å². The molecule has 1 rings (SSSR count). The number of nitrogens with zero attached hydrogens (tertiary/aromatic N) is 2. The molecule has 0 aliphatic carbocycles. The summed E-state index contributed by atoms with van der Waals surface area (Å²) in [4.78, 5) is 16.8. The fraction of sp³-hybridized carbons (Fsp3) is 0.933. The van der Waals surface area contributed by atoms with Crippen LogP contribution in [0.1, 0.15) is 48.0 Å². The third-order valence-electron chi connectivity index (χ3n) is 3.86. The van der Waals surface area contributed by atoms with Crippen LogP contribution in [0, 0.1) is 0 Å². The topological polar surface area (TPSA) is 32.8 Å². The highest BCUT2D eigenvalue weighted by Gasteiger charge is 2.29. The van der Waals surface area contributed by atoms with Crippen LogP contribution in [0.5, 0.6) is 0 Å². The molecule has 0 spiro atoms. The minimum atomic E-state index is -0.399. The molecule has 1 fully saturated rings. The van der Waals surface area contributed by atoms with Gasteiger partial charge < -0.3 is 4.74 Å². The molecule has 0 saturated carbocycles. The quantitative estimate of drug-likeness (QED) is 0.733. The van der Waals surface area contributed by atoms with Gasteiger partial charge in [0.05, 0.1) is 0 Å². The Bertz CT molecular complexity index is 291. The van der Waals surface area contributed by atoms with E-state index >= 15 is 0 Å². The summed E-state index contributed by atoms with van der Waals surface area (Å²) >= 11 is 0. The van der Waals surface area contributed by atoms with Crippen molar-refractivity contribution >= 4 is 5.97 Å². The molecule has 19 heavy (non-hydrogen) atoms. The molecule has 0 aromatic rings. The average Bonchev–Trinajstić information content (AvgIpc) is 2.35. The summed E-state index contributed by atoms with van der Waals surface area (Å²) < 4.78 is 5.45. The van der Waals surface area contributed by atoms with Crippen molar-refractivity contribution in [3.05, 3.63) is 0 Å². The van der Waals surface area contributed by atoms with Crippen molar-refractivity contribution in [1.29, 1.82) is 0 Å². The van der Waals surface area contributed by atoms with E-state index in [-0.39, 0.29) is 12.0 Å². The summed E-state index contributed by atoms with van der Waals surface area (Å²) in [6, 6.07) is 0.497. The Balaban J connectivity index is 2.44. The van der Waals surface area contributed by atoms with Gasteiger partial charge in [-0.1, -0.05) is 6.92 Å². The summed E-state index contributed by atoms with van der Waals surface area (Å²) in [7, 11) is 0. The van der Waals surface area contributed by atoms with Gasteiger partial charge >= 0.3 is 5.97 Å². The number of rotatable bonds is 4. The first-order chi connectivity index (χ1) is 8.74. The first-order valence-corrected chi connectivity index (χ1v) is 7.45. The second-order valence-corrected chi connectivity index (χ2v) is 6.54. The summed E-state index contributed by atoms with van der Waals surface area (Å²) in [6.45, 7) is 16.2. The Labute approximate surface area is 118 Å². The Morgan fingerprint density at radius 3 is 2.00 bits per heavy atom. The molecule has 0 aromatic carbocycles. The lowest BCUT2D eigenvalue weighted by Gasteiger charge is -2.40. The molecule has 0 bridgehead atoms. The van der Waals surface area contributed by atoms with Crippen LogP contribution >= 0.6 is 0 Å². The molecule has 0 radical (unpaired) electrons. The second kappa shape index (κ2) is 6.71. The van der Waals surface area contributed by atoms with Gasteiger partial charge in [-0.2, -0.15) is 0 Å². The summed E-state index contributed by atoms with van der Waals surface area (Å²) in [5.74, 6) is -0.107. The number of hydrogen-bond donors (Lipinski definition) is 0. The average molecular weight is 270 g/mol. The third kappa shape index (κ3) is 5.11. The molecule has 2 unspecified atom stereocenters. The smallest absolute Gasteiger partial charge is 0.323 e. The molecule has 1 saturated heterocycles. The van der Waals surface area contributed by atoms with Crippen molar-refractivity contribution in [2.24, 2.45) is 0 Å². The molecule has 1 aliphatic heterocycles. The highest BCUT2D eigenvalue weighted by Crippen LogP contribution is 2.14. The summed E-state index contributed by atoms with van der Waals surface area (Å²) in [5, 5.41) is 0. The molecule has 4 heteroatoms. The van der Waals surface area contributed by atoms with E-state index < -0.39 is 5.60 Å². The van der Waals surface area contributed by atoms with Crippen molar-refractivity contribution < 1.29 is 9.53 Å². The Kier molecular flexibility index (Phi) is 5.81. The third-order valence-corrected chi connectivity index (χ3v) is 3.86. The number of piperazine rings is 1. The highest BCUT2D eigenvalue weighted by atomic mass is 16.6. The largest absolute Gasteiger partial charge is 0.459 e. The van der Waals surface area contributed by atoms with Crippen LogP contribution in [0.4, 0.5) is 0 Å². The van der Waals surface area contributed by atoms with Crippen molar-refractivity contribution in [3.63, 3.8) is 0 Å². The van der Waals surface area contributed by atoms with Gasteiger partial charge in [-0.15, -0.1) is 0 Å². The van der Waals surface area contributed by atoms with E-state index in [0.29, 0.717) is 6.04 Å². The lowest BCUT2D eigenvalue weighted by atomic mass is 10.1. The van der Waals surface area contributed by atoms with Gasteiger partial charge in [0, 0.05) is 32.2 Å². The fourth-order valence-electron chi connectivity index (χ4n) is 2.36. The van der Waals surface area contributed by atoms with E-state index in [9.17, 15) is 4.79 Å². The Morgan fingerprint density at radius 1 is 1.11 bits per heavy atom. The van der Waals surface area contributed by atoms with Crippen molar-refractivity contribution in [1.82, 2.24) is 9.80 Å². The zero-order valence-corrected chi connectivity index (χ0v) is 13.4. The van der Waals surface area contributed by atoms with Gasteiger partial charge in [-0.3, -0.25) is 14.6 Å². The zero-order chi connectivity index (χ0) is 14.6. The minimum absolute atomic E-state index is 0.107. The van der Waals surface area contributed by atoms with E-state index in [1.54, 1.807) is 0 Å². The molecule has 0 amide bonds. The van der Waals surface area contributed by atoms with Gasteiger partial charge in [0.2, 0.25) is 0 Å². The Morgan fingerprint density at radius 2 is 1.58 bits per heavy atom. The van der Waals surface area contributed by atoms with Crippen LogP contribution in [-0.4, -0.2) is 59.6 Å².